The van der Waals surface area contributed by atoms with E-state index in [4.69, 9.17) is 9.72 Å². The molecule has 0 saturated carbocycles. The average Bonchev–Trinajstić information content (AvgIpc) is 2.93. The summed E-state index contributed by atoms with van der Waals surface area (Å²) in [4.78, 5) is 34.9. The van der Waals surface area contributed by atoms with E-state index in [2.05, 4.69) is 6.92 Å². The van der Waals surface area contributed by atoms with Gasteiger partial charge in [-0.3, -0.25) is 14.2 Å². The largest absolute Gasteiger partial charge is 0.495 e. The molecular weight excluding hydrogens is 462 g/mol. The Morgan fingerprint density at radius 2 is 1.68 bits per heavy atom. The molecule has 192 valence electrons. The minimum Gasteiger partial charge on any atom is -0.495 e. The Morgan fingerprint density at radius 3 is 2.41 bits per heavy atom. The van der Waals surface area contributed by atoms with Crippen LogP contribution in [0.5, 0.6) is 5.75 Å². The first-order chi connectivity index (χ1) is 18.0. The quantitative estimate of drug-likeness (QED) is 0.235. The molecule has 6 heteroatoms. The number of amides is 1. The summed E-state index contributed by atoms with van der Waals surface area (Å²) in [5, 5.41) is 0.523. The number of rotatable bonds is 10. The lowest BCUT2D eigenvalue weighted by Gasteiger charge is -2.33. The second kappa shape index (κ2) is 11.9. The molecule has 37 heavy (non-hydrogen) atoms. The van der Waals surface area contributed by atoms with Crippen molar-refractivity contribution in [3.05, 3.63) is 100 Å². The summed E-state index contributed by atoms with van der Waals surface area (Å²) in [6.45, 7) is 6.72. The van der Waals surface area contributed by atoms with E-state index in [9.17, 15) is 9.59 Å². The van der Waals surface area contributed by atoms with Crippen molar-refractivity contribution in [2.45, 2.75) is 52.5 Å². The van der Waals surface area contributed by atoms with Gasteiger partial charge in [0.2, 0.25) is 0 Å². The fraction of sp³-hybridized carbons (Fsp3) is 0.323. The Bertz CT molecular complexity index is 1440. The lowest BCUT2D eigenvalue weighted by atomic mass is 10.0. The fourth-order valence-electron chi connectivity index (χ4n) is 4.86. The van der Waals surface area contributed by atoms with E-state index >= 15 is 0 Å². The number of unbranched alkanes of at least 4 members (excludes halogenated alkanes) is 2. The Balaban J connectivity index is 1.97. The first-order valence-electron chi connectivity index (χ1n) is 13.0. The highest BCUT2D eigenvalue weighted by Crippen LogP contribution is 2.31. The van der Waals surface area contributed by atoms with Crippen molar-refractivity contribution >= 4 is 16.8 Å². The molecule has 6 nitrogen and oxygen atoms in total. The van der Waals surface area contributed by atoms with Gasteiger partial charge in [0, 0.05) is 12.1 Å². The standard InChI is InChI=1S/C31H35N3O3/c1-5-7-14-21-33(30(35)23-16-9-8-15-22(23)3)26(6-2)29-32-25-18-11-10-17-24(25)31(36)34(29)27-19-12-13-20-28(27)37-4/h8-13,15-20,26H,5-7,14,21H2,1-4H3. The zero-order valence-corrected chi connectivity index (χ0v) is 22.1. The molecule has 0 radical (unpaired) electrons. The molecule has 3 aromatic carbocycles. The molecule has 0 N–H and O–H groups in total. The molecule has 1 unspecified atom stereocenters. The van der Waals surface area contributed by atoms with E-state index < -0.39 is 6.04 Å². The van der Waals surface area contributed by atoms with Crippen molar-refractivity contribution in [1.29, 1.82) is 0 Å². The predicted molar refractivity (Wildman–Crippen MR) is 149 cm³/mol. The Labute approximate surface area is 218 Å². The van der Waals surface area contributed by atoms with Crippen molar-refractivity contribution in [2.24, 2.45) is 0 Å². The van der Waals surface area contributed by atoms with Gasteiger partial charge in [-0.2, -0.15) is 0 Å². The Kier molecular flexibility index (Phi) is 8.39. The minimum absolute atomic E-state index is 0.0463. The topological polar surface area (TPSA) is 64.4 Å². The van der Waals surface area contributed by atoms with Gasteiger partial charge in [0.25, 0.3) is 11.5 Å². The first kappa shape index (κ1) is 26.1. The third kappa shape index (κ3) is 5.29. The summed E-state index contributed by atoms with van der Waals surface area (Å²) in [5.41, 5.74) is 2.64. The predicted octanol–water partition coefficient (Wildman–Crippen LogP) is 6.49. The molecule has 4 aromatic rings. The molecule has 4 rings (SSSR count). The second-order valence-corrected chi connectivity index (χ2v) is 9.24. The molecule has 0 saturated heterocycles. The highest BCUT2D eigenvalue weighted by Gasteiger charge is 2.30. The van der Waals surface area contributed by atoms with Gasteiger partial charge in [0.1, 0.15) is 11.6 Å². The Hall–Kier alpha value is -3.93. The van der Waals surface area contributed by atoms with Crippen molar-refractivity contribution in [2.75, 3.05) is 13.7 Å². The highest BCUT2D eigenvalue weighted by molar-refractivity contribution is 5.96. The minimum atomic E-state index is -0.411. The number of nitrogens with zero attached hydrogens (tertiary/aromatic N) is 3. The Morgan fingerprint density at radius 1 is 0.973 bits per heavy atom. The van der Waals surface area contributed by atoms with Gasteiger partial charge >= 0.3 is 0 Å². The van der Waals surface area contributed by atoms with E-state index in [0.717, 1.165) is 24.8 Å². The monoisotopic (exact) mass is 497 g/mol. The summed E-state index contributed by atoms with van der Waals surface area (Å²) < 4.78 is 7.27. The number of para-hydroxylation sites is 3. The number of hydrogen-bond acceptors (Lipinski definition) is 4. The molecule has 0 aliphatic carbocycles. The van der Waals surface area contributed by atoms with Gasteiger partial charge in [0.05, 0.1) is 29.7 Å². The van der Waals surface area contributed by atoms with E-state index in [-0.39, 0.29) is 11.5 Å². The molecule has 0 spiro atoms. The maximum atomic E-state index is 14.0. The molecular formula is C31H35N3O3. The number of carbonyl (C=O) groups is 1. The summed E-state index contributed by atoms with van der Waals surface area (Å²) in [5.74, 6) is 1.06. The van der Waals surface area contributed by atoms with Gasteiger partial charge in [-0.25, -0.2) is 4.98 Å². The van der Waals surface area contributed by atoms with Gasteiger partial charge < -0.3 is 9.64 Å². The second-order valence-electron chi connectivity index (χ2n) is 9.24. The molecule has 0 bridgehead atoms. The van der Waals surface area contributed by atoms with Crippen LogP contribution < -0.4 is 10.3 Å². The summed E-state index contributed by atoms with van der Waals surface area (Å²) in [6, 6.07) is 22.1. The van der Waals surface area contributed by atoms with E-state index in [1.165, 1.54) is 0 Å². The van der Waals surface area contributed by atoms with Crippen LogP contribution in [0.25, 0.3) is 16.6 Å². The van der Waals surface area contributed by atoms with E-state index in [1.807, 2.05) is 85.5 Å². The van der Waals surface area contributed by atoms with Gasteiger partial charge in [-0.1, -0.05) is 69.2 Å². The maximum absolute atomic E-state index is 14.0. The van der Waals surface area contributed by atoms with Crippen molar-refractivity contribution < 1.29 is 9.53 Å². The third-order valence-corrected chi connectivity index (χ3v) is 6.83. The van der Waals surface area contributed by atoms with Crippen molar-refractivity contribution in [1.82, 2.24) is 14.5 Å². The van der Waals surface area contributed by atoms with Gasteiger partial charge in [-0.15, -0.1) is 0 Å². The number of ether oxygens (including phenoxy) is 1. The number of aryl methyl sites for hydroxylation is 1. The molecule has 1 atom stereocenters. The van der Waals surface area contributed by atoms with Crippen molar-refractivity contribution in [3.63, 3.8) is 0 Å². The van der Waals surface area contributed by atoms with Crippen LogP contribution in [0.2, 0.25) is 0 Å². The number of benzene rings is 3. The number of methoxy groups -OCH3 is 1. The number of fused-ring (bicyclic) bond motifs is 1. The molecule has 0 aliphatic rings. The third-order valence-electron chi connectivity index (χ3n) is 6.83. The van der Waals surface area contributed by atoms with Crippen LogP contribution in [0.15, 0.2) is 77.6 Å². The lowest BCUT2D eigenvalue weighted by Crippen LogP contribution is -2.39. The number of hydrogen-bond donors (Lipinski definition) is 0. The summed E-state index contributed by atoms with van der Waals surface area (Å²) in [6.07, 6.45) is 3.53. The van der Waals surface area contributed by atoms with Crippen LogP contribution in [0.3, 0.4) is 0 Å². The summed E-state index contributed by atoms with van der Waals surface area (Å²) >= 11 is 0. The van der Waals surface area contributed by atoms with E-state index in [0.29, 0.717) is 46.7 Å². The maximum Gasteiger partial charge on any atom is 0.266 e. The smallest absolute Gasteiger partial charge is 0.266 e. The first-order valence-corrected chi connectivity index (χ1v) is 13.0. The number of aromatic nitrogens is 2. The van der Waals surface area contributed by atoms with Gasteiger partial charge in [-0.05, 0) is 55.7 Å². The molecule has 0 aliphatic heterocycles. The van der Waals surface area contributed by atoms with Crippen LogP contribution in [-0.4, -0.2) is 34.0 Å². The molecule has 0 fully saturated rings. The average molecular weight is 498 g/mol. The molecule has 1 amide bonds. The molecule has 1 heterocycles. The lowest BCUT2D eigenvalue weighted by molar-refractivity contribution is 0.0654. The zero-order chi connectivity index (χ0) is 26.4. The van der Waals surface area contributed by atoms with Gasteiger partial charge in [0.15, 0.2) is 0 Å². The number of carbonyl (C=O) groups excluding carboxylic acids is 1. The van der Waals surface area contributed by atoms with Crippen molar-refractivity contribution in [3.8, 4) is 11.4 Å². The normalized spacial score (nSPS) is 11.9. The van der Waals surface area contributed by atoms with Crippen LogP contribution >= 0.6 is 0 Å². The van der Waals surface area contributed by atoms with Crippen LogP contribution in [0.1, 0.15) is 67.3 Å². The zero-order valence-electron chi connectivity index (χ0n) is 22.1. The van der Waals surface area contributed by atoms with E-state index in [1.54, 1.807) is 17.7 Å². The highest BCUT2D eigenvalue weighted by atomic mass is 16.5. The SMILES string of the molecule is CCCCCN(C(=O)c1ccccc1C)C(CC)c1nc2ccccc2c(=O)n1-c1ccccc1OC. The summed E-state index contributed by atoms with van der Waals surface area (Å²) in [7, 11) is 1.59. The van der Waals surface area contributed by atoms with Crippen LogP contribution in [0.4, 0.5) is 0 Å². The molecule has 1 aromatic heterocycles. The fourth-order valence-corrected chi connectivity index (χ4v) is 4.86. The van der Waals surface area contributed by atoms with Crippen LogP contribution in [0, 0.1) is 6.92 Å². The van der Waals surface area contributed by atoms with Crippen LogP contribution in [-0.2, 0) is 0 Å².